The number of hydrogen-bond acceptors (Lipinski definition) is 4. The molecule has 7 heteroatoms. The van der Waals surface area contributed by atoms with Crippen LogP contribution in [-0.4, -0.2) is 54.2 Å². The molecule has 1 atom stereocenters. The molecule has 0 aromatic heterocycles. The third-order valence-electron chi connectivity index (χ3n) is 4.74. The van der Waals surface area contributed by atoms with Gasteiger partial charge in [-0.2, -0.15) is 0 Å². The summed E-state index contributed by atoms with van der Waals surface area (Å²) in [6, 6.07) is 17.3. The van der Waals surface area contributed by atoms with Crippen LogP contribution in [0.2, 0.25) is 0 Å². The second-order valence-corrected chi connectivity index (χ2v) is 7.72. The number of nitrogens with zero attached hydrogens (tertiary/aromatic N) is 2. The number of amides is 1. The SMILES string of the molecule is CCNC(=NCC(=O)N(CC)Cc1ccccc1)NCC(O)c1cccc(OC(C)C)c1. The van der Waals surface area contributed by atoms with Gasteiger partial charge in [-0.25, -0.2) is 4.99 Å². The van der Waals surface area contributed by atoms with Crippen LogP contribution in [-0.2, 0) is 11.3 Å². The van der Waals surface area contributed by atoms with Gasteiger partial charge in [-0.3, -0.25) is 4.79 Å². The zero-order valence-electron chi connectivity index (χ0n) is 19.5. The number of hydrogen-bond donors (Lipinski definition) is 3. The summed E-state index contributed by atoms with van der Waals surface area (Å²) in [6.45, 7) is 9.95. The van der Waals surface area contributed by atoms with E-state index in [-0.39, 0.29) is 25.1 Å². The Morgan fingerprint density at radius 3 is 2.50 bits per heavy atom. The highest BCUT2D eigenvalue weighted by atomic mass is 16.5. The maximum atomic E-state index is 12.7. The largest absolute Gasteiger partial charge is 0.491 e. The summed E-state index contributed by atoms with van der Waals surface area (Å²) in [5.41, 5.74) is 1.84. The minimum atomic E-state index is -0.740. The van der Waals surface area contributed by atoms with Gasteiger partial charge in [-0.1, -0.05) is 42.5 Å². The minimum Gasteiger partial charge on any atom is -0.491 e. The lowest BCUT2D eigenvalue weighted by atomic mass is 10.1. The first-order chi connectivity index (χ1) is 15.4. The number of aliphatic imine (C=N–C) groups is 1. The quantitative estimate of drug-likeness (QED) is 0.369. The minimum absolute atomic E-state index is 0.0316. The summed E-state index contributed by atoms with van der Waals surface area (Å²) < 4.78 is 5.70. The number of aliphatic hydroxyl groups excluding tert-OH is 1. The fourth-order valence-electron chi connectivity index (χ4n) is 3.15. The lowest BCUT2D eigenvalue weighted by molar-refractivity contribution is -0.130. The summed E-state index contributed by atoms with van der Waals surface area (Å²) in [5.74, 6) is 1.17. The van der Waals surface area contributed by atoms with Gasteiger partial charge in [0, 0.05) is 26.2 Å². The van der Waals surface area contributed by atoms with E-state index in [0.717, 1.165) is 16.9 Å². The van der Waals surface area contributed by atoms with E-state index in [0.29, 0.717) is 25.6 Å². The molecule has 0 aliphatic heterocycles. The zero-order chi connectivity index (χ0) is 23.3. The number of guanidine groups is 1. The molecule has 3 N–H and O–H groups in total. The van der Waals surface area contributed by atoms with Gasteiger partial charge in [0.15, 0.2) is 5.96 Å². The van der Waals surface area contributed by atoms with Crippen LogP contribution in [0.5, 0.6) is 5.75 Å². The Morgan fingerprint density at radius 1 is 1.09 bits per heavy atom. The number of nitrogens with one attached hydrogen (secondary N) is 2. The van der Waals surface area contributed by atoms with Crippen molar-refractivity contribution in [1.29, 1.82) is 0 Å². The fourth-order valence-corrected chi connectivity index (χ4v) is 3.15. The molecule has 0 spiro atoms. The average molecular weight is 441 g/mol. The first kappa shape index (κ1) is 25.2. The molecule has 0 fully saturated rings. The first-order valence-electron chi connectivity index (χ1n) is 11.2. The van der Waals surface area contributed by atoms with Gasteiger partial charge < -0.3 is 25.4 Å². The molecule has 0 bridgehead atoms. The topological polar surface area (TPSA) is 86.2 Å². The van der Waals surface area contributed by atoms with Crippen molar-refractivity contribution in [2.45, 2.75) is 46.4 Å². The van der Waals surface area contributed by atoms with Gasteiger partial charge in [0.25, 0.3) is 0 Å². The van der Waals surface area contributed by atoms with Crippen molar-refractivity contribution in [3.05, 3.63) is 65.7 Å². The molecule has 0 aliphatic carbocycles. The summed E-state index contributed by atoms with van der Waals surface area (Å²) in [4.78, 5) is 18.9. The van der Waals surface area contributed by atoms with Crippen molar-refractivity contribution in [2.75, 3.05) is 26.2 Å². The maximum absolute atomic E-state index is 12.7. The predicted molar refractivity (Wildman–Crippen MR) is 129 cm³/mol. The molecule has 0 saturated heterocycles. The molecule has 2 aromatic rings. The molecule has 7 nitrogen and oxygen atoms in total. The van der Waals surface area contributed by atoms with Gasteiger partial charge in [0.1, 0.15) is 12.3 Å². The number of carbonyl (C=O) groups is 1. The van der Waals surface area contributed by atoms with Crippen LogP contribution in [0, 0.1) is 0 Å². The standard InChI is InChI=1S/C25H36N4O3/c1-5-26-25(27-16-23(30)21-13-10-14-22(15-21)32-19(3)4)28-17-24(31)29(6-2)18-20-11-8-7-9-12-20/h7-15,19,23,30H,5-6,16-18H2,1-4H3,(H2,26,27,28). The number of aliphatic hydroxyl groups is 1. The van der Waals surface area contributed by atoms with Crippen molar-refractivity contribution in [3.8, 4) is 5.75 Å². The maximum Gasteiger partial charge on any atom is 0.244 e. The highest BCUT2D eigenvalue weighted by Gasteiger charge is 2.13. The highest BCUT2D eigenvalue weighted by Crippen LogP contribution is 2.19. The molecular formula is C25H36N4O3. The third kappa shape index (κ3) is 8.59. The van der Waals surface area contributed by atoms with E-state index in [1.165, 1.54) is 0 Å². The number of carbonyl (C=O) groups excluding carboxylic acids is 1. The molecule has 174 valence electrons. The van der Waals surface area contributed by atoms with Crippen molar-refractivity contribution < 1.29 is 14.6 Å². The first-order valence-corrected chi connectivity index (χ1v) is 11.2. The molecule has 0 saturated carbocycles. The third-order valence-corrected chi connectivity index (χ3v) is 4.74. The van der Waals surface area contributed by atoms with Crippen molar-refractivity contribution in [1.82, 2.24) is 15.5 Å². The van der Waals surface area contributed by atoms with E-state index < -0.39 is 6.10 Å². The molecule has 2 rings (SSSR count). The van der Waals surface area contributed by atoms with Crippen LogP contribution >= 0.6 is 0 Å². The Bertz CT molecular complexity index is 855. The summed E-state index contributed by atoms with van der Waals surface area (Å²) in [5, 5.41) is 16.8. The lowest BCUT2D eigenvalue weighted by Crippen LogP contribution is -2.40. The normalized spacial score (nSPS) is 12.4. The summed E-state index contributed by atoms with van der Waals surface area (Å²) in [6.07, 6.45) is -0.675. The van der Waals surface area contributed by atoms with E-state index in [1.807, 2.05) is 82.3 Å². The van der Waals surface area contributed by atoms with E-state index in [9.17, 15) is 9.90 Å². The molecule has 0 aliphatic rings. The number of likely N-dealkylation sites (N-methyl/N-ethyl adjacent to an activating group) is 1. The zero-order valence-corrected chi connectivity index (χ0v) is 19.5. The van der Waals surface area contributed by atoms with E-state index in [2.05, 4.69) is 15.6 Å². The molecule has 32 heavy (non-hydrogen) atoms. The molecule has 1 unspecified atom stereocenters. The van der Waals surface area contributed by atoms with Crippen molar-refractivity contribution in [2.24, 2.45) is 4.99 Å². The van der Waals surface area contributed by atoms with Gasteiger partial charge in [-0.15, -0.1) is 0 Å². The molecule has 0 heterocycles. The van der Waals surface area contributed by atoms with E-state index >= 15 is 0 Å². The highest BCUT2D eigenvalue weighted by molar-refractivity contribution is 5.85. The Kier molecular flexibility index (Phi) is 10.5. The van der Waals surface area contributed by atoms with E-state index in [1.54, 1.807) is 4.90 Å². The summed E-state index contributed by atoms with van der Waals surface area (Å²) in [7, 11) is 0. The van der Waals surface area contributed by atoms with Crippen LogP contribution < -0.4 is 15.4 Å². The second-order valence-electron chi connectivity index (χ2n) is 7.72. The van der Waals surface area contributed by atoms with Crippen LogP contribution in [0.4, 0.5) is 0 Å². The number of ether oxygens (including phenoxy) is 1. The number of benzene rings is 2. The van der Waals surface area contributed by atoms with Crippen LogP contribution in [0.3, 0.4) is 0 Å². The molecular weight excluding hydrogens is 404 g/mol. The van der Waals surface area contributed by atoms with Crippen LogP contribution in [0.15, 0.2) is 59.6 Å². The Balaban J connectivity index is 1.94. The Hall–Kier alpha value is -3.06. The smallest absolute Gasteiger partial charge is 0.244 e. The van der Waals surface area contributed by atoms with Crippen LogP contribution in [0.25, 0.3) is 0 Å². The monoisotopic (exact) mass is 440 g/mol. The van der Waals surface area contributed by atoms with Crippen LogP contribution in [0.1, 0.15) is 44.9 Å². The fraction of sp³-hybridized carbons (Fsp3) is 0.440. The van der Waals surface area contributed by atoms with Gasteiger partial charge >= 0.3 is 0 Å². The Morgan fingerprint density at radius 2 is 1.84 bits per heavy atom. The van der Waals surface area contributed by atoms with Gasteiger partial charge in [0.05, 0.1) is 12.2 Å². The van der Waals surface area contributed by atoms with Gasteiger partial charge in [0.2, 0.25) is 5.91 Å². The van der Waals surface area contributed by atoms with Crippen molar-refractivity contribution in [3.63, 3.8) is 0 Å². The molecule has 2 aromatic carbocycles. The van der Waals surface area contributed by atoms with E-state index in [4.69, 9.17) is 4.74 Å². The predicted octanol–water partition coefficient (Wildman–Crippen LogP) is 3.11. The summed E-state index contributed by atoms with van der Waals surface area (Å²) >= 11 is 0. The van der Waals surface area contributed by atoms with Gasteiger partial charge in [-0.05, 0) is 51.0 Å². The van der Waals surface area contributed by atoms with Crippen molar-refractivity contribution >= 4 is 11.9 Å². The second kappa shape index (κ2) is 13.4. The molecule has 0 radical (unpaired) electrons. The molecule has 1 amide bonds. The Labute approximate surface area is 191 Å². The number of rotatable bonds is 11. The average Bonchev–Trinajstić information content (AvgIpc) is 2.79. The lowest BCUT2D eigenvalue weighted by Gasteiger charge is -2.21.